The molecule has 24 heavy (non-hydrogen) atoms. The first-order chi connectivity index (χ1) is 11.6. The number of nitrogens with one attached hydrogen (secondary N) is 2. The van der Waals surface area contributed by atoms with Gasteiger partial charge in [0, 0.05) is 12.6 Å². The highest BCUT2D eigenvalue weighted by Gasteiger charge is 2.09. The maximum Gasteiger partial charge on any atom is 0.186 e. The highest BCUT2D eigenvalue weighted by Crippen LogP contribution is 2.30. The molecule has 0 fully saturated rings. The van der Waals surface area contributed by atoms with E-state index in [4.69, 9.17) is 21.7 Å². The number of methoxy groups -OCH3 is 1. The zero-order chi connectivity index (χ0) is 17.4. The van der Waals surface area contributed by atoms with Gasteiger partial charge in [0.15, 0.2) is 16.6 Å². The van der Waals surface area contributed by atoms with Crippen LogP contribution in [0.1, 0.15) is 11.1 Å². The summed E-state index contributed by atoms with van der Waals surface area (Å²) in [5, 5.41) is 7.22. The number of ether oxygens (including phenoxy) is 2. The van der Waals surface area contributed by atoms with Crippen LogP contribution in [0.2, 0.25) is 0 Å². The molecule has 0 saturated carbocycles. The first-order valence-electron chi connectivity index (χ1n) is 7.19. The molecule has 0 radical (unpaired) electrons. The Hall–Kier alpha value is -2.67. The summed E-state index contributed by atoms with van der Waals surface area (Å²) in [5.74, 6) is 0.845. The van der Waals surface area contributed by atoms with Crippen molar-refractivity contribution in [2.75, 3.05) is 14.2 Å². The molecule has 0 atom stereocenters. The number of rotatable bonds is 6. The third kappa shape index (κ3) is 4.92. The number of hydrazone groups is 1. The molecular formula is C17H18FN3O2S. The Morgan fingerprint density at radius 1 is 1.25 bits per heavy atom. The summed E-state index contributed by atoms with van der Waals surface area (Å²) in [4.78, 5) is 0. The molecular weight excluding hydrogens is 329 g/mol. The molecule has 126 valence electrons. The van der Waals surface area contributed by atoms with Crippen molar-refractivity contribution in [3.05, 3.63) is 59.4 Å². The monoisotopic (exact) mass is 347 g/mol. The van der Waals surface area contributed by atoms with Gasteiger partial charge in [0.1, 0.15) is 12.4 Å². The van der Waals surface area contributed by atoms with Gasteiger partial charge in [0.05, 0.1) is 13.3 Å². The van der Waals surface area contributed by atoms with Gasteiger partial charge >= 0.3 is 0 Å². The lowest BCUT2D eigenvalue weighted by Crippen LogP contribution is -2.28. The van der Waals surface area contributed by atoms with Crippen LogP contribution in [0.5, 0.6) is 11.5 Å². The minimum absolute atomic E-state index is 0.282. The van der Waals surface area contributed by atoms with Gasteiger partial charge in [0.25, 0.3) is 0 Å². The molecule has 2 N–H and O–H groups in total. The summed E-state index contributed by atoms with van der Waals surface area (Å²) in [6.45, 7) is 0.282. The van der Waals surface area contributed by atoms with Gasteiger partial charge in [0.2, 0.25) is 0 Å². The van der Waals surface area contributed by atoms with Crippen molar-refractivity contribution in [3.63, 3.8) is 0 Å². The van der Waals surface area contributed by atoms with Gasteiger partial charge in [-0.2, -0.15) is 5.10 Å². The first-order valence-corrected chi connectivity index (χ1v) is 7.60. The summed E-state index contributed by atoms with van der Waals surface area (Å²) < 4.78 is 24.2. The number of hydrogen-bond donors (Lipinski definition) is 2. The van der Waals surface area contributed by atoms with E-state index in [0.29, 0.717) is 16.6 Å². The SMILES string of the molecule is CNC(=S)N/N=C/c1cccc(OC)c1OCc1ccc(F)cc1. The van der Waals surface area contributed by atoms with Crippen LogP contribution >= 0.6 is 12.2 Å². The van der Waals surface area contributed by atoms with E-state index < -0.39 is 0 Å². The number of benzene rings is 2. The van der Waals surface area contributed by atoms with E-state index in [1.165, 1.54) is 12.1 Å². The number of nitrogens with zero attached hydrogens (tertiary/aromatic N) is 1. The van der Waals surface area contributed by atoms with Gasteiger partial charge < -0.3 is 14.8 Å². The average Bonchev–Trinajstić information content (AvgIpc) is 2.61. The number of para-hydroxylation sites is 1. The largest absolute Gasteiger partial charge is 0.493 e. The molecule has 0 spiro atoms. The second kappa shape index (κ2) is 8.83. The third-order valence-electron chi connectivity index (χ3n) is 3.12. The number of hydrogen-bond acceptors (Lipinski definition) is 4. The van der Waals surface area contributed by atoms with Crippen LogP contribution in [0.15, 0.2) is 47.6 Å². The number of thiocarbonyl (C=S) groups is 1. The van der Waals surface area contributed by atoms with Gasteiger partial charge in [-0.15, -0.1) is 0 Å². The van der Waals surface area contributed by atoms with E-state index in [1.807, 2.05) is 12.1 Å². The molecule has 0 aromatic heterocycles. The molecule has 2 aromatic carbocycles. The Labute approximate surface area is 145 Å². The molecule has 2 aromatic rings. The summed E-state index contributed by atoms with van der Waals surface area (Å²) in [7, 11) is 3.27. The zero-order valence-electron chi connectivity index (χ0n) is 13.4. The predicted molar refractivity (Wildman–Crippen MR) is 96.1 cm³/mol. The molecule has 0 amide bonds. The quantitative estimate of drug-likeness (QED) is 0.478. The standard InChI is InChI=1S/C17H18FN3O2S/c1-19-17(24)21-20-10-13-4-3-5-15(22-2)16(13)23-11-12-6-8-14(18)9-7-12/h3-10H,11H2,1-2H3,(H2,19,21,24)/b20-10+. The highest BCUT2D eigenvalue weighted by molar-refractivity contribution is 7.80. The van der Waals surface area contributed by atoms with Crippen LogP contribution in [0.4, 0.5) is 4.39 Å². The van der Waals surface area contributed by atoms with Crippen molar-refractivity contribution in [1.82, 2.24) is 10.7 Å². The third-order valence-corrected chi connectivity index (χ3v) is 3.42. The molecule has 0 unspecified atom stereocenters. The second-order valence-electron chi connectivity index (χ2n) is 4.74. The topological polar surface area (TPSA) is 54.9 Å². The van der Waals surface area contributed by atoms with Gasteiger partial charge in [-0.3, -0.25) is 5.43 Å². The van der Waals surface area contributed by atoms with Crippen molar-refractivity contribution in [3.8, 4) is 11.5 Å². The Balaban J connectivity index is 2.16. The maximum atomic E-state index is 13.0. The second-order valence-corrected chi connectivity index (χ2v) is 5.15. The molecule has 2 rings (SSSR count). The highest BCUT2D eigenvalue weighted by atomic mass is 32.1. The average molecular weight is 347 g/mol. The molecule has 7 heteroatoms. The lowest BCUT2D eigenvalue weighted by Gasteiger charge is -2.13. The van der Waals surface area contributed by atoms with Crippen LogP contribution in [0, 0.1) is 5.82 Å². The minimum atomic E-state index is -0.282. The molecule has 5 nitrogen and oxygen atoms in total. The molecule has 0 saturated heterocycles. The Morgan fingerprint density at radius 2 is 2.00 bits per heavy atom. The van der Waals surface area contributed by atoms with E-state index in [9.17, 15) is 4.39 Å². The smallest absolute Gasteiger partial charge is 0.186 e. The normalized spacial score (nSPS) is 10.5. The fourth-order valence-corrected chi connectivity index (χ4v) is 1.95. The van der Waals surface area contributed by atoms with Crippen molar-refractivity contribution < 1.29 is 13.9 Å². The lowest BCUT2D eigenvalue weighted by atomic mass is 10.2. The maximum absolute atomic E-state index is 13.0. The van der Waals surface area contributed by atoms with Gasteiger partial charge in [-0.05, 0) is 42.0 Å². The summed E-state index contributed by atoms with van der Waals surface area (Å²) in [6, 6.07) is 11.6. The fraction of sp³-hybridized carbons (Fsp3) is 0.176. The van der Waals surface area contributed by atoms with Crippen LogP contribution in [-0.4, -0.2) is 25.5 Å². The predicted octanol–water partition coefficient (Wildman–Crippen LogP) is 2.84. The molecule has 0 heterocycles. The van der Waals surface area contributed by atoms with Crippen LogP contribution < -0.4 is 20.2 Å². The first kappa shape index (κ1) is 17.7. The lowest BCUT2D eigenvalue weighted by molar-refractivity contribution is 0.284. The Bertz CT molecular complexity index is 720. The zero-order valence-corrected chi connectivity index (χ0v) is 14.2. The van der Waals surface area contributed by atoms with Crippen molar-refractivity contribution in [2.24, 2.45) is 5.10 Å². The van der Waals surface area contributed by atoms with Crippen LogP contribution in [0.3, 0.4) is 0 Å². The summed E-state index contributed by atoms with van der Waals surface area (Å²) >= 11 is 4.96. The van der Waals surface area contributed by atoms with E-state index >= 15 is 0 Å². The summed E-state index contributed by atoms with van der Waals surface area (Å²) in [5.41, 5.74) is 4.25. The van der Waals surface area contributed by atoms with Gasteiger partial charge in [-0.25, -0.2) is 4.39 Å². The molecule has 0 bridgehead atoms. The Kier molecular flexibility index (Phi) is 6.51. The Morgan fingerprint density at radius 3 is 2.67 bits per heavy atom. The van der Waals surface area contributed by atoms with E-state index in [0.717, 1.165) is 11.1 Å². The van der Waals surface area contributed by atoms with E-state index in [2.05, 4.69) is 15.8 Å². The van der Waals surface area contributed by atoms with Crippen molar-refractivity contribution >= 4 is 23.5 Å². The van der Waals surface area contributed by atoms with E-state index in [-0.39, 0.29) is 12.4 Å². The van der Waals surface area contributed by atoms with Crippen molar-refractivity contribution in [1.29, 1.82) is 0 Å². The molecule has 0 aliphatic heterocycles. The fourth-order valence-electron chi connectivity index (χ4n) is 1.90. The van der Waals surface area contributed by atoms with Crippen LogP contribution in [-0.2, 0) is 6.61 Å². The van der Waals surface area contributed by atoms with Crippen molar-refractivity contribution in [2.45, 2.75) is 6.61 Å². The summed E-state index contributed by atoms with van der Waals surface area (Å²) in [6.07, 6.45) is 1.59. The molecule has 0 aliphatic rings. The molecule has 0 aliphatic carbocycles. The van der Waals surface area contributed by atoms with Crippen LogP contribution in [0.25, 0.3) is 0 Å². The van der Waals surface area contributed by atoms with E-state index in [1.54, 1.807) is 38.6 Å². The number of halogens is 1. The van der Waals surface area contributed by atoms with Gasteiger partial charge in [-0.1, -0.05) is 18.2 Å². The minimum Gasteiger partial charge on any atom is -0.493 e.